The van der Waals surface area contributed by atoms with Crippen LogP contribution in [-0.4, -0.2) is 120 Å². The van der Waals surface area contributed by atoms with Crippen LogP contribution in [0.3, 0.4) is 0 Å². The van der Waals surface area contributed by atoms with Crippen molar-refractivity contribution in [3.8, 4) is 0 Å². The van der Waals surface area contributed by atoms with Crippen LogP contribution in [0.4, 0.5) is 0 Å². The topological polar surface area (TPSA) is 239 Å². The number of aliphatic carboxylic acids is 2. The Kier molecular flexibility index (Phi) is 12.7. The van der Waals surface area contributed by atoms with Crippen LogP contribution in [0.5, 0.6) is 0 Å². The molecule has 0 aromatic rings. The normalized spacial score (nSPS) is 17.3. The summed E-state index contributed by atoms with van der Waals surface area (Å²) in [4.78, 5) is 47.8. The number of carbonyl (C=O) groups is 4. The first kappa shape index (κ1) is 28.2. The Bertz CT molecular complexity index is 606. The molecule has 13 nitrogen and oxygen atoms in total. The number of aliphatic hydroxyl groups is 5. The summed E-state index contributed by atoms with van der Waals surface area (Å²) < 4.78 is 0. The Morgan fingerprint density at radius 2 is 1.53 bits per heavy atom. The number of amides is 2. The van der Waals surface area contributed by atoms with Crippen molar-refractivity contribution in [2.45, 2.75) is 55.8 Å². The minimum atomic E-state index is -2.52. The number of imide groups is 1. The lowest BCUT2D eigenvalue weighted by molar-refractivity contribution is -0.170. The monoisotopic (exact) mass is 456 g/mol. The molecular weight excluding hydrogens is 428 g/mol. The highest BCUT2D eigenvalue weighted by Gasteiger charge is 2.42. The number of rotatable bonds is 14. The molecule has 0 bridgehead atoms. The molecule has 0 rings (SSSR count). The molecule has 0 aliphatic heterocycles. The molecule has 2 amide bonds. The summed E-state index contributed by atoms with van der Waals surface area (Å²) in [5, 5.41) is 66.1. The maximum atomic E-state index is 12.7. The van der Waals surface area contributed by atoms with Gasteiger partial charge in [0.25, 0.3) is 5.91 Å². The lowest BCUT2D eigenvalue weighted by Crippen LogP contribution is -2.57. The van der Waals surface area contributed by atoms with Crippen LogP contribution in [-0.2, 0) is 19.2 Å². The van der Waals surface area contributed by atoms with Gasteiger partial charge in [-0.15, -0.1) is 0 Å². The van der Waals surface area contributed by atoms with Crippen LogP contribution in [0.25, 0.3) is 0 Å². The van der Waals surface area contributed by atoms with Crippen molar-refractivity contribution in [1.29, 1.82) is 0 Å². The van der Waals surface area contributed by atoms with Gasteiger partial charge >= 0.3 is 11.9 Å². The van der Waals surface area contributed by atoms with E-state index in [9.17, 15) is 44.7 Å². The molecule has 0 heterocycles. The molecule has 6 atom stereocenters. The van der Waals surface area contributed by atoms with Gasteiger partial charge < -0.3 is 41.5 Å². The summed E-state index contributed by atoms with van der Waals surface area (Å²) in [7, 11) is 0. The van der Waals surface area contributed by atoms with E-state index in [0.717, 1.165) is 0 Å². The second-order valence-corrected chi connectivity index (χ2v) is 7.38. The summed E-state index contributed by atoms with van der Waals surface area (Å²) in [5.74, 6) is -5.55. The van der Waals surface area contributed by atoms with E-state index < -0.39 is 79.7 Å². The molecule has 174 valence electrons. The highest BCUT2D eigenvalue weighted by atomic mass is 32.2. The Labute approximate surface area is 176 Å². The second kappa shape index (κ2) is 13.5. The first-order chi connectivity index (χ1) is 13.9. The van der Waals surface area contributed by atoms with Gasteiger partial charge in [-0.1, -0.05) is 0 Å². The van der Waals surface area contributed by atoms with Crippen LogP contribution in [0.2, 0.25) is 0 Å². The molecule has 30 heavy (non-hydrogen) atoms. The molecule has 14 heteroatoms. The van der Waals surface area contributed by atoms with E-state index in [-0.39, 0.29) is 17.1 Å². The maximum absolute atomic E-state index is 12.7. The SMILES string of the molecule is CSCC[C@@H](C(=O)O)N(C(=O)CC[C@H](N)C(=O)O)C(=O)[C@H](O)[C@@H](O)[C@H](O)[C@H](O)CO. The summed E-state index contributed by atoms with van der Waals surface area (Å²) in [6.07, 6.45) is -8.63. The standard InChI is InChI=1S/C16H28N2O11S/c1-30-5-4-8(16(28)29)18(10(21)3-2-7(17)15(26)27)14(25)13(24)12(23)11(22)9(20)6-19/h7-9,11-13,19-20,22-24H,2-6,17H2,1H3,(H,26,27)(H,28,29)/t7-,8-,9+,11+,12-,13+/m0/s1. The third-order valence-electron chi connectivity index (χ3n) is 4.19. The first-order valence-electron chi connectivity index (χ1n) is 8.79. The molecule has 0 radical (unpaired) electrons. The fourth-order valence-electron chi connectivity index (χ4n) is 2.38. The van der Waals surface area contributed by atoms with E-state index in [1.54, 1.807) is 6.26 Å². The Morgan fingerprint density at radius 3 is 1.97 bits per heavy atom. The van der Waals surface area contributed by atoms with Gasteiger partial charge in [-0.05, 0) is 24.9 Å². The number of thioether (sulfide) groups is 1. The number of hydrogen-bond donors (Lipinski definition) is 8. The highest BCUT2D eigenvalue weighted by Crippen LogP contribution is 2.17. The number of aliphatic hydroxyl groups excluding tert-OH is 5. The third-order valence-corrected chi connectivity index (χ3v) is 4.84. The number of carboxylic acid groups (broad SMARTS) is 2. The van der Waals surface area contributed by atoms with E-state index in [0.29, 0.717) is 0 Å². The molecule has 0 saturated heterocycles. The molecule has 0 fully saturated rings. The van der Waals surface area contributed by atoms with Crippen molar-refractivity contribution < 1.29 is 54.9 Å². The number of nitrogens with two attached hydrogens (primary N) is 1. The van der Waals surface area contributed by atoms with Gasteiger partial charge in [0.2, 0.25) is 5.91 Å². The number of hydrogen-bond acceptors (Lipinski definition) is 11. The highest BCUT2D eigenvalue weighted by molar-refractivity contribution is 7.98. The van der Waals surface area contributed by atoms with E-state index in [1.807, 2.05) is 0 Å². The molecule has 0 saturated carbocycles. The summed E-state index contributed by atoms with van der Waals surface area (Å²) in [6.45, 7) is -1.01. The van der Waals surface area contributed by atoms with E-state index in [4.69, 9.17) is 15.9 Å². The van der Waals surface area contributed by atoms with Gasteiger partial charge in [-0.2, -0.15) is 11.8 Å². The van der Waals surface area contributed by atoms with E-state index in [1.165, 1.54) is 11.8 Å². The summed E-state index contributed by atoms with van der Waals surface area (Å²) in [5.41, 5.74) is 5.30. The van der Waals surface area contributed by atoms with E-state index >= 15 is 0 Å². The van der Waals surface area contributed by atoms with Crippen molar-refractivity contribution >= 4 is 35.5 Å². The lowest BCUT2D eigenvalue weighted by Gasteiger charge is -2.32. The third kappa shape index (κ3) is 8.14. The fourth-order valence-corrected chi connectivity index (χ4v) is 2.84. The van der Waals surface area contributed by atoms with Crippen molar-refractivity contribution in [3.05, 3.63) is 0 Å². The molecular formula is C16H28N2O11S. The number of carbonyl (C=O) groups excluding carboxylic acids is 2. The fraction of sp³-hybridized carbons (Fsp3) is 0.750. The van der Waals surface area contributed by atoms with Gasteiger partial charge in [0, 0.05) is 6.42 Å². The van der Waals surface area contributed by atoms with Gasteiger partial charge in [-0.25, -0.2) is 4.79 Å². The predicted molar refractivity (Wildman–Crippen MR) is 102 cm³/mol. The average Bonchev–Trinajstić information content (AvgIpc) is 2.71. The summed E-state index contributed by atoms with van der Waals surface area (Å²) in [6, 6.07) is -3.21. The van der Waals surface area contributed by atoms with Gasteiger partial charge in [0.15, 0.2) is 6.10 Å². The smallest absolute Gasteiger partial charge is 0.326 e. The average molecular weight is 456 g/mol. The van der Waals surface area contributed by atoms with Crippen LogP contribution in [0.15, 0.2) is 0 Å². The quantitative estimate of drug-likeness (QED) is 0.125. The molecule has 0 unspecified atom stereocenters. The van der Waals surface area contributed by atoms with Crippen LogP contribution >= 0.6 is 11.8 Å². The van der Waals surface area contributed by atoms with Gasteiger partial charge in [-0.3, -0.25) is 19.3 Å². The van der Waals surface area contributed by atoms with Crippen LogP contribution < -0.4 is 5.73 Å². The molecule has 0 aromatic heterocycles. The predicted octanol–water partition coefficient (Wildman–Crippen LogP) is -3.82. The van der Waals surface area contributed by atoms with E-state index in [2.05, 4.69) is 0 Å². The first-order valence-corrected chi connectivity index (χ1v) is 10.2. The van der Waals surface area contributed by atoms with Crippen molar-refractivity contribution in [1.82, 2.24) is 4.90 Å². The van der Waals surface area contributed by atoms with Crippen molar-refractivity contribution in [2.75, 3.05) is 18.6 Å². The zero-order chi connectivity index (χ0) is 23.6. The zero-order valence-electron chi connectivity index (χ0n) is 16.2. The Hall–Kier alpha value is -1.81. The lowest BCUT2D eigenvalue weighted by atomic mass is 10.0. The molecule has 0 aliphatic carbocycles. The second-order valence-electron chi connectivity index (χ2n) is 6.40. The minimum absolute atomic E-state index is 0.180. The molecule has 0 aromatic carbocycles. The number of carboxylic acids is 2. The Balaban J connectivity index is 5.77. The molecule has 0 aliphatic rings. The minimum Gasteiger partial charge on any atom is -0.480 e. The molecule has 0 spiro atoms. The summed E-state index contributed by atoms with van der Waals surface area (Å²) >= 11 is 1.21. The van der Waals surface area contributed by atoms with Gasteiger partial charge in [0.1, 0.15) is 30.4 Å². The van der Waals surface area contributed by atoms with Crippen LogP contribution in [0.1, 0.15) is 19.3 Å². The zero-order valence-corrected chi connectivity index (χ0v) is 17.0. The number of nitrogens with zero attached hydrogens (tertiary/aromatic N) is 1. The van der Waals surface area contributed by atoms with Crippen molar-refractivity contribution in [2.24, 2.45) is 5.73 Å². The van der Waals surface area contributed by atoms with Crippen molar-refractivity contribution in [3.63, 3.8) is 0 Å². The van der Waals surface area contributed by atoms with Gasteiger partial charge in [0.05, 0.1) is 6.61 Å². The molecule has 9 N–H and O–H groups in total. The Morgan fingerprint density at radius 1 is 0.967 bits per heavy atom. The maximum Gasteiger partial charge on any atom is 0.326 e. The largest absolute Gasteiger partial charge is 0.480 e. The van der Waals surface area contributed by atoms with Crippen LogP contribution in [0, 0.1) is 0 Å².